The highest BCUT2D eigenvalue weighted by atomic mass is 16.6. The van der Waals surface area contributed by atoms with Crippen LogP contribution in [0.2, 0.25) is 0 Å². The second-order valence-electron chi connectivity index (χ2n) is 4.86. The number of benzene rings is 1. The first-order valence-electron chi connectivity index (χ1n) is 6.55. The third kappa shape index (κ3) is 2.67. The van der Waals surface area contributed by atoms with Crippen molar-refractivity contribution in [3.63, 3.8) is 0 Å². The molecule has 0 radical (unpaired) electrons. The number of nitrogens with zero attached hydrogens (tertiary/aromatic N) is 2. The lowest BCUT2D eigenvalue weighted by atomic mass is 10.1. The SMILES string of the molecule is O=c1[nH]c2cc([N+](=O)[O-])cc(Cn3ccccc3=O)c2[nH]c1=O. The molecule has 0 atom stereocenters. The fraction of sp³-hybridized carbons (Fsp3) is 0.0714. The number of nitro benzene ring substituents is 1. The van der Waals surface area contributed by atoms with E-state index in [2.05, 4.69) is 9.97 Å². The Morgan fingerprint density at radius 1 is 1.09 bits per heavy atom. The molecule has 0 saturated heterocycles. The lowest BCUT2D eigenvalue weighted by Gasteiger charge is -2.08. The first-order chi connectivity index (χ1) is 11.0. The van der Waals surface area contributed by atoms with Crippen LogP contribution in [-0.4, -0.2) is 19.5 Å². The molecule has 0 saturated carbocycles. The molecule has 116 valence electrons. The molecule has 1 aromatic carbocycles. The van der Waals surface area contributed by atoms with E-state index in [1.807, 2.05) is 0 Å². The average Bonchev–Trinajstić information content (AvgIpc) is 2.51. The molecule has 2 aromatic heterocycles. The maximum Gasteiger partial charge on any atom is 0.314 e. The van der Waals surface area contributed by atoms with Crippen molar-refractivity contribution in [2.24, 2.45) is 0 Å². The van der Waals surface area contributed by atoms with Gasteiger partial charge < -0.3 is 14.5 Å². The molecule has 0 fully saturated rings. The summed E-state index contributed by atoms with van der Waals surface area (Å²) in [4.78, 5) is 49.9. The number of pyridine rings is 1. The fourth-order valence-corrected chi connectivity index (χ4v) is 2.29. The summed E-state index contributed by atoms with van der Waals surface area (Å²) in [5, 5.41) is 11.0. The number of nitrogens with one attached hydrogen (secondary N) is 2. The van der Waals surface area contributed by atoms with Gasteiger partial charge in [0.05, 0.1) is 22.5 Å². The van der Waals surface area contributed by atoms with Crippen LogP contribution in [0.5, 0.6) is 0 Å². The molecule has 0 amide bonds. The van der Waals surface area contributed by atoms with E-state index in [4.69, 9.17) is 0 Å². The Kier molecular flexibility index (Phi) is 3.37. The van der Waals surface area contributed by atoms with Crippen LogP contribution in [0.4, 0.5) is 5.69 Å². The summed E-state index contributed by atoms with van der Waals surface area (Å²) in [6.07, 6.45) is 1.52. The number of rotatable bonds is 3. The van der Waals surface area contributed by atoms with Crippen LogP contribution in [0.15, 0.2) is 50.9 Å². The molecule has 0 bridgehead atoms. The number of fused-ring (bicyclic) bond motifs is 1. The molecule has 0 unspecified atom stereocenters. The van der Waals surface area contributed by atoms with Gasteiger partial charge in [0.1, 0.15) is 0 Å². The van der Waals surface area contributed by atoms with Crippen LogP contribution in [0.1, 0.15) is 5.56 Å². The zero-order valence-electron chi connectivity index (χ0n) is 11.6. The maximum atomic E-state index is 11.8. The van der Waals surface area contributed by atoms with Crippen molar-refractivity contribution in [2.45, 2.75) is 6.54 Å². The molecule has 0 spiro atoms. The monoisotopic (exact) mass is 314 g/mol. The standard InChI is InChI=1S/C14H10N4O5/c19-11-3-1-2-4-17(11)7-8-5-9(18(22)23)6-10-12(8)16-14(21)13(20)15-10/h1-6H,7H2,(H,15,20)(H,16,21). The third-order valence-corrected chi connectivity index (χ3v) is 3.35. The van der Waals surface area contributed by atoms with Crippen molar-refractivity contribution >= 4 is 16.7 Å². The minimum atomic E-state index is -0.902. The number of aromatic amines is 2. The van der Waals surface area contributed by atoms with Crippen LogP contribution in [-0.2, 0) is 6.54 Å². The molecule has 9 nitrogen and oxygen atoms in total. The second-order valence-corrected chi connectivity index (χ2v) is 4.86. The first-order valence-corrected chi connectivity index (χ1v) is 6.55. The molecule has 9 heteroatoms. The summed E-state index contributed by atoms with van der Waals surface area (Å²) in [6, 6.07) is 6.99. The van der Waals surface area contributed by atoms with Crippen molar-refractivity contribution in [3.8, 4) is 0 Å². The van der Waals surface area contributed by atoms with Gasteiger partial charge in [0.2, 0.25) is 0 Å². The summed E-state index contributed by atoms with van der Waals surface area (Å²) in [7, 11) is 0. The van der Waals surface area contributed by atoms with E-state index in [0.29, 0.717) is 5.56 Å². The number of hydrogen-bond donors (Lipinski definition) is 2. The van der Waals surface area contributed by atoms with Gasteiger partial charge in [0, 0.05) is 30.0 Å². The smallest absolute Gasteiger partial charge is 0.314 e. The molecule has 0 aliphatic carbocycles. The zero-order valence-corrected chi connectivity index (χ0v) is 11.6. The first kappa shape index (κ1) is 14.4. The van der Waals surface area contributed by atoms with Gasteiger partial charge in [-0.2, -0.15) is 0 Å². The molecular formula is C14H10N4O5. The van der Waals surface area contributed by atoms with Gasteiger partial charge in [-0.3, -0.25) is 24.5 Å². The van der Waals surface area contributed by atoms with Crippen molar-refractivity contribution in [1.29, 1.82) is 0 Å². The molecule has 2 heterocycles. The summed E-state index contributed by atoms with van der Waals surface area (Å²) in [5.74, 6) is 0. The quantitative estimate of drug-likeness (QED) is 0.409. The number of aromatic nitrogens is 3. The normalized spacial score (nSPS) is 10.8. The molecular weight excluding hydrogens is 304 g/mol. The molecule has 3 aromatic rings. The zero-order chi connectivity index (χ0) is 16.6. The van der Waals surface area contributed by atoms with Crippen LogP contribution >= 0.6 is 0 Å². The Balaban J connectivity index is 2.29. The van der Waals surface area contributed by atoms with Gasteiger partial charge >= 0.3 is 11.1 Å². The molecule has 2 N–H and O–H groups in total. The lowest BCUT2D eigenvalue weighted by molar-refractivity contribution is -0.384. The average molecular weight is 314 g/mol. The lowest BCUT2D eigenvalue weighted by Crippen LogP contribution is -2.29. The van der Waals surface area contributed by atoms with Gasteiger partial charge in [-0.05, 0) is 6.07 Å². The van der Waals surface area contributed by atoms with Crippen LogP contribution in [0.25, 0.3) is 11.0 Å². The summed E-state index contributed by atoms with van der Waals surface area (Å²) in [5.41, 5.74) is -1.60. The summed E-state index contributed by atoms with van der Waals surface area (Å²) >= 11 is 0. The van der Waals surface area contributed by atoms with E-state index in [1.165, 1.54) is 22.9 Å². The van der Waals surface area contributed by atoms with Crippen LogP contribution in [0.3, 0.4) is 0 Å². The van der Waals surface area contributed by atoms with Crippen molar-refractivity contribution < 1.29 is 4.92 Å². The minimum absolute atomic E-state index is 0.0137. The highest BCUT2D eigenvalue weighted by Crippen LogP contribution is 2.21. The predicted octanol–water partition coefficient (Wildman–Crippen LogP) is 0.335. The van der Waals surface area contributed by atoms with Crippen molar-refractivity contribution in [3.05, 3.63) is 83.3 Å². The predicted molar refractivity (Wildman–Crippen MR) is 81.6 cm³/mol. The topological polar surface area (TPSA) is 131 Å². The Morgan fingerprint density at radius 3 is 2.52 bits per heavy atom. The highest BCUT2D eigenvalue weighted by Gasteiger charge is 2.14. The van der Waals surface area contributed by atoms with E-state index < -0.39 is 16.0 Å². The van der Waals surface area contributed by atoms with Gasteiger partial charge in [0.25, 0.3) is 11.2 Å². The van der Waals surface area contributed by atoms with Crippen molar-refractivity contribution in [2.75, 3.05) is 0 Å². The largest absolute Gasteiger partial charge is 0.316 e. The molecule has 0 aliphatic heterocycles. The Labute approximate surface area is 127 Å². The van der Waals surface area contributed by atoms with Gasteiger partial charge in [-0.25, -0.2) is 0 Å². The van der Waals surface area contributed by atoms with Crippen LogP contribution in [0, 0.1) is 10.1 Å². The van der Waals surface area contributed by atoms with E-state index in [0.717, 1.165) is 6.07 Å². The second kappa shape index (κ2) is 5.37. The number of hydrogen-bond acceptors (Lipinski definition) is 5. The third-order valence-electron chi connectivity index (χ3n) is 3.35. The Hall–Kier alpha value is -3.49. The highest BCUT2D eigenvalue weighted by molar-refractivity contribution is 5.80. The van der Waals surface area contributed by atoms with Gasteiger partial charge in [-0.1, -0.05) is 6.07 Å². The fourth-order valence-electron chi connectivity index (χ4n) is 2.29. The van der Waals surface area contributed by atoms with E-state index in [1.54, 1.807) is 12.1 Å². The number of nitro groups is 1. The molecule has 3 rings (SSSR count). The Morgan fingerprint density at radius 2 is 1.83 bits per heavy atom. The molecule has 23 heavy (non-hydrogen) atoms. The minimum Gasteiger partial charge on any atom is -0.316 e. The number of H-pyrrole nitrogens is 2. The van der Waals surface area contributed by atoms with E-state index in [9.17, 15) is 24.5 Å². The van der Waals surface area contributed by atoms with Gasteiger partial charge in [-0.15, -0.1) is 0 Å². The maximum absolute atomic E-state index is 11.8. The summed E-state index contributed by atoms with van der Waals surface area (Å²) < 4.78 is 1.34. The van der Waals surface area contributed by atoms with Crippen molar-refractivity contribution in [1.82, 2.24) is 14.5 Å². The van der Waals surface area contributed by atoms with E-state index in [-0.39, 0.29) is 28.8 Å². The van der Waals surface area contributed by atoms with Crippen LogP contribution < -0.4 is 16.7 Å². The summed E-state index contributed by atoms with van der Waals surface area (Å²) in [6.45, 7) is 0.0137. The molecule has 0 aliphatic rings. The van der Waals surface area contributed by atoms with E-state index >= 15 is 0 Å². The van der Waals surface area contributed by atoms with Gasteiger partial charge in [0.15, 0.2) is 0 Å². The Bertz CT molecular complexity index is 1090. The number of non-ortho nitro benzene ring substituents is 1.